The minimum absolute atomic E-state index is 0.0831. The van der Waals surface area contributed by atoms with Crippen LogP contribution in [-0.2, 0) is 11.0 Å². The summed E-state index contributed by atoms with van der Waals surface area (Å²) < 4.78 is 40.7. The molecular formula is C26H25F3N8O2. The third kappa shape index (κ3) is 5.24. The minimum atomic E-state index is -4.55. The van der Waals surface area contributed by atoms with E-state index in [2.05, 4.69) is 20.3 Å². The maximum Gasteiger partial charge on any atom is 0.416 e. The van der Waals surface area contributed by atoms with Gasteiger partial charge in [0.15, 0.2) is 5.65 Å². The molecule has 3 aromatic heterocycles. The molecule has 1 fully saturated rings. The molecule has 202 valence electrons. The van der Waals surface area contributed by atoms with E-state index >= 15 is 0 Å². The summed E-state index contributed by atoms with van der Waals surface area (Å²) in [6.07, 6.45) is -0.125. The Balaban J connectivity index is 1.43. The van der Waals surface area contributed by atoms with Gasteiger partial charge >= 0.3 is 6.18 Å². The minimum Gasteiger partial charge on any atom is -0.383 e. The van der Waals surface area contributed by atoms with Gasteiger partial charge in [0.25, 0.3) is 5.91 Å². The third-order valence-corrected chi connectivity index (χ3v) is 6.67. The monoisotopic (exact) mass is 538 g/mol. The van der Waals surface area contributed by atoms with E-state index in [0.29, 0.717) is 41.8 Å². The number of carbonyl (C=O) groups excluding carboxylic acids is 2. The second-order valence-electron chi connectivity index (χ2n) is 9.20. The number of likely N-dealkylation sites (tertiary alicyclic amines) is 1. The third-order valence-electron chi connectivity index (χ3n) is 6.67. The largest absolute Gasteiger partial charge is 0.416 e. The van der Waals surface area contributed by atoms with Crippen molar-refractivity contribution >= 4 is 34.5 Å². The van der Waals surface area contributed by atoms with Crippen LogP contribution in [0.1, 0.15) is 48.1 Å². The van der Waals surface area contributed by atoms with Crippen molar-refractivity contribution < 1.29 is 22.8 Å². The fourth-order valence-electron chi connectivity index (χ4n) is 4.70. The number of amides is 2. The van der Waals surface area contributed by atoms with E-state index in [4.69, 9.17) is 10.8 Å². The molecule has 1 aromatic carbocycles. The zero-order chi connectivity index (χ0) is 27.7. The predicted octanol–water partition coefficient (Wildman–Crippen LogP) is 4.32. The number of hydrogen-bond acceptors (Lipinski definition) is 7. The van der Waals surface area contributed by atoms with Gasteiger partial charge in [0.05, 0.1) is 17.0 Å². The highest BCUT2D eigenvalue weighted by atomic mass is 19.4. The Morgan fingerprint density at radius 3 is 2.62 bits per heavy atom. The van der Waals surface area contributed by atoms with Gasteiger partial charge in [0.1, 0.15) is 23.7 Å². The van der Waals surface area contributed by atoms with Crippen molar-refractivity contribution in [3.05, 3.63) is 60.0 Å². The first kappa shape index (κ1) is 26.1. The first-order chi connectivity index (χ1) is 18.7. The average molecular weight is 539 g/mol. The first-order valence-corrected chi connectivity index (χ1v) is 12.4. The van der Waals surface area contributed by atoms with Crippen LogP contribution in [0.3, 0.4) is 0 Å². The number of pyridine rings is 1. The Hall–Kier alpha value is -4.55. The molecule has 1 saturated heterocycles. The van der Waals surface area contributed by atoms with Gasteiger partial charge in [0.2, 0.25) is 5.91 Å². The van der Waals surface area contributed by atoms with Crippen LogP contribution in [-0.4, -0.2) is 54.5 Å². The number of rotatable bonds is 5. The number of piperidine rings is 1. The number of nitrogens with zero attached hydrogens (tertiary/aromatic N) is 6. The molecule has 0 unspecified atom stereocenters. The standard InChI is InChI=1S/C26H25F3N8O2/c1-2-20(38)36-11-3-4-18(13-36)37-24-21(23(30)32-14-33-24)22(35-37)15-5-7-16(8-6-15)25(39)34-19-12-17(9-10-31-19)26(27,28)29/h5-10,12,14,18H,2-4,11,13H2,1H3,(H2,30,32,33)(H,31,34,39)/t18-/m1/s1. The lowest BCUT2D eigenvalue weighted by molar-refractivity contribution is -0.137. The summed E-state index contributed by atoms with van der Waals surface area (Å²) in [4.78, 5) is 39.2. The summed E-state index contributed by atoms with van der Waals surface area (Å²) >= 11 is 0. The number of nitrogens with two attached hydrogens (primary N) is 1. The van der Waals surface area contributed by atoms with Gasteiger partial charge in [-0.2, -0.15) is 18.3 Å². The van der Waals surface area contributed by atoms with Gasteiger partial charge in [-0.15, -0.1) is 0 Å². The molecule has 3 N–H and O–H groups in total. The van der Waals surface area contributed by atoms with E-state index < -0.39 is 17.6 Å². The molecule has 0 bridgehead atoms. The van der Waals surface area contributed by atoms with Crippen molar-refractivity contribution in [2.24, 2.45) is 0 Å². The van der Waals surface area contributed by atoms with E-state index in [1.54, 1.807) is 16.8 Å². The highest BCUT2D eigenvalue weighted by Gasteiger charge is 2.31. The SMILES string of the molecule is CCC(=O)N1CCC[C@@H](n2nc(-c3ccc(C(=O)Nc4cc(C(F)(F)F)ccn4)cc3)c3c(N)ncnc32)C1. The number of anilines is 2. The summed E-state index contributed by atoms with van der Waals surface area (Å²) in [5.74, 6) is -0.498. The number of fused-ring (bicyclic) bond motifs is 1. The van der Waals surface area contributed by atoms with Crippen molar-refractivity contribution in [3.63, 3.8) is 0 Å². The van der Waals surface area contributed by atoms with Gasteiger partial charge in [-0.25, -0.2) is 19.6 Å². The summed E-state index contributed by atoms with van der Waals surface area (Å²) in [5, 5.41) is 7.77. The Bertz CT molecular complexity index is 1530. The summed E-state index contributed by atoms with van der Waals surface area (Å²) in [5.41, 5.74) is 7.24. The van der Waals surface area contributed by atoms with Crippen molar-refractivity contribution in [1.29, 1.82) is 0 Å². The lowest BCUT2D eigenvalue weighted by Gasteiger charge is -2.32. The summed E-state index contributed by atoms with van der Waals surface area (Å²) in [6, 6.07) is 7.91. The van der Waals surface area contributed by atoms with Crippen molar-refractivity contribution in [2.75, 3.05) is 24.1 Å². The highest BCUT2D eigenvalue weighted by molar-refractivity contribution is 6.04. The van der Waals surface area contributed by atoms with Crippen LogP contribution in [0, 0.1) is 0 Å². The molecule has 0 saturated carbocycles. The molecule has 4 heterocycles. The predicted molar refractivity (Wildman–Crippen MR) is 138 cm³/mol. The van der Waals surface area contributed by atoms with Crippen LogP contribution in [0.5, 0.6) is 0 Å². The van der Waals surface area contributed by atoms with Gasteiger partial charge in [-0.05, 0) is 37.1 Å². The molecule has 1 aliphatic heterocycles. The smallest absolute Gasteiger partial charge is 0.383 e. The first-order valence-electron chi connectivity index (χ1n) is 12.4. The van der Waals surface area contributed by atoms with Crippen LogP contribution < -0.4 is 11.1 Å². The van der Waals surface area contributed by atoms with Crippen LogP contribution in [0.15, 0.2) is 48.9 Å². The topological polar surface area (TPSA) is 132 Å². The zero-order valence-corrected chi connectivity index (χ0v) is 20.9. The second kappa shape index (κ2) is 10.3. The summed E-state index contributed by atoms with van der Waals surface area (Å²) in [7, 11) is 0. The van der Waals surface area contributed by atoms with Crippen LogP contribution >= 0.6 is 0 Å². The quantitative estimate of drug-likeness (QED) is 0.387. The Kier molecular flexibility index (Phi) is 6.89. The molecule has 0 aliphatic carbocycles. The Morgan fingerprint density at radius 2 is 1.90 bits per heavy atom. The van der Waals surface area contributed by atoms with Gasteiger partial charge < -0.3 is 16.0 Å². The number of nitrogens with one attached hydrogen (secondary N) is 1. The van der Waals surface area contributed by atoms with Crippen molar-refractivity contribution in [1.82, 2.24) is 29.6 Å². The van der Waals surface area contributed by atoms with Crippen LogP contribution in [0.25, 0.3) is 22.3 Å². The highest BCUT2D eigenvalue weighted by Crippen LogP contribution is 2.34. The molecule has 39 heavy (non-hydrogen) atoms. The van der Waals surface area contributed by atoms with E-state index in [1.165, 1.54) is 18.5 Å². The Morgan fingerprint density at radius 1 is 1.13 bits per heavy atom. The number of nitrogen functional groups attached to an aromatic ring is 1. The molecule has 2 amide bonds. The average Bonchev–Trinajstić information content (AvgIpc) is 3.33. The number of carbonyl (C=O) groups is 2. The number of alkyl halides is 3. The van der Waals surface area contributed by atoms with E-state index in [9.17, 15) is 22.8 Å². The van der Waals surface area contributed by atoms with E-state index in [0.717, 1.165) is 31.2 Å². The molecule has 0 radical (unpaired) electrons. The van der Waals surface area contributed by atoms with Crippen LogP contribution in [0.2, 0.25) is 0 Å². The molecule has 1 atom stereocenters. The lowest BCUT2D eigenvalue weighted by Crippen LogP contribution is -2.40. The molecule has 1 aliphatic rings. The maximum atomic E-state index is 13.0. The van der Waals surface area contributed by atoms with Gasteiger partial charge in [-0.1, -0.05) is 19.1 Å². The molecule has 4 aromatic rings. The second-order valence-corrected chi connectivity index (χ2v) is 9.20. The van der Waals surface area contributed by atoms with Gasteiger partial charge in [0, 0.05) is 36.8 Å². The van der Waals surface area contributed by atoms with Crippen LogP contribution in [0.4, 0.5) is 24.8 Å². The fraction of sp³-hybridized carbons (Fsp3) is 0.308. The molecule has 0 spiro atoms. The fourth-order valence-corrected chi connectivity index (χ4v) is 4.70. The maximum absolute atomic E-state index is 13.0. The van der Waals surface area contributed by atoms with Crippen molar-refractivity contribution in [2.45, 2.75) is 38.4 Å². The van der Waals surface area contributed by atoms with E-state index in [1.807, 2.05) is 11.8 Å². The van der Waals surface area contributed by atoms with E-state index in [-0.39, 0.29) is 29.1 Å². The Labute approximate surface area is 221 Å². The van der Waals surface area contributed by atoms with Crippen molar-refractivity contribution in [3.8, 4) is 11.3 Å². The molecular weight excluding hydrogens is 513 g/mol. The van der Waals surface area contributed by atoms with Gasteiger partial charge in [-0.3, -0.25) is 9.59 Å². The number of halogens is 3. The zero-order valence-electron chi connectivity index (χ0n) is 20.9. The lowest BCUT2D eigenvalue weighted by atomic mass is 10.1. The molecule has 5 rings (SSSR count). The molecule has 10 nitrogen and oxygen atoms in total. The molecule has 13 heteroatoms. The number of benzene rings is 1. The number of hydrogen-bond donors (Lipinski definition) is 2. The summed E-state index contributed by atoms with van der Waals surface area (Å²) in [6.45, 7) is 3.04. The normalized spacial score (nSPS) is 15.9. The number of aromatic nitrogens is 5.